The number of nitrogens with one attached hydrogen (secondary N) is 1. The van der Waals surface area contributed by atoms with Gasteiger partial charge in [0.25, 0.3) is 0 Å². The van der Waals surface area contributed by atoms with Crippen molar-refractivity contribution in [1.29, 1.82) is 0 Å². The zero-order chi connectivity index (χ0) is 12.8. The Hall–Kier alpha value is -0.960. The van der Waals surface area contributed by atoms with Gasteiger partial charge in [-0.25, -0.2) is 9.97 Å². The molecule has 0 atom stereocenters. The second-order valence-corrected chi connectivity index (χ2v) is 5.37. The Morgan fingerprint density at radius 3 is 2.72 bits per heavy atom. The van der Waals surface area contributed by atoms with Gasteiger partial charge in [0.15, 0.2) is 0 Å². The first-order chi connectivity index (χ1) is 8.79. The number of aryl methyl sites for hydroxylation is 1. The minimum absolute atomic E-state index is 0.601. The molecule has 0 aromatic carbocycles. The topological polar surface area (TPSA) is 37.8 Å². The molecule has 1 aliphatic rings. The molecule has 1 aliphatic carbocycles. The zero-order valence-electron chi connectivity index (χ0n) is 11.7. The molecule has 1 saturated carbocycles. The van der Waals surface area contributed by atoms with Gasteiger partial charge >= 0.3 is 0 Å². The van der Waals surface area contributed by atoms with Crippen molar-refractivity contribution < 1.29 is 0 Å². The van der Waals surface area contributed by atoms with E-state index in [9.17, 15) is 0 Å². The van der Waals surface area contributed by atoms with Crippen LogP contribution in [0.2, 0.25) is 0 Å². The number of hydrogen-bond acceptors (Lipinski definition) is 3. The lowest BCUT2D eigenvalue weighted by Crippen LogP contribution is -2.17. The molecule has 0 amide bonds. The van der Waals surface area contributed by atoms with Crippen LogP contribution in [0.3, 0.4) is 0 Å². The molecule has 0 unspecified atom stereocenters. The largest absolute Gasteiger partial charge is 0.311 e. The van der Waals surface area contributed by atoms with Gasteiger partial charge in [-0.1, -0.05) is 26.2 Å². The Balaban J connectivity index is 2.05. The minimum Gasteiger partial charge on any atom is -0.311 e. The van der Waals surface area contributed by atoms with Crippen LogP contribution < -0.4 is 5.32 Å². The molecule has 0 saturated heterocycles. The van der Waals surface area contributed by atoms with E-state index in [4.69, 9.17) is 4.98 Å². The highest BCUT2D eigenvalue weighted by Gasteiger charge is 2.18. The highest BCUT2D eigenvalue weighted by Crippen LogP contribution is 2.30. The van der Waals surface area contributed by atoms with Crippen molar-refractivity contribution in [3.05, 3.63) is 23.3 Å². The van der Waals surface area contributed by atoms with E-state index in [-0.39, 0.29) is 0 Å². The fourth-order valence-corrected chi connectivity index (χ4v) is 2.69. The third kappa shape index (κ3) is 3.77. The molecule has 100 valence electrons. The number of nitrogens with zero attached hydrogens (tertiary/aromatic N) is 2. The van der Waals surface area contributed by atoms with E-state index in [1.165, 1.54) is 38.5 Å². The van der Waals surface area contributed by atoms with Gasteiger partial charge in [0.05, 0.1) is 5.69 Å². The van der Waals surface area contributed by atoms with E-state index in [1.807, 2.05) is 0 Å². The third-order valence-electron chi connectivity index (χ3n) is 3.63. The lowest BCUT2D eigenvalue weighted by atomic mass is 9.88. The molecule has 1 N–H and O–H groups in total. The molecule has 1 fully saturated rings. The summed E-state index contributed by atoms with van der Waals surface area (Å²) in [7, 11) is 0. The summed E-state index contributed by atoms with van der Waals surface area (Å²) in [6.45, 7) is 6.20. The molecule has 1 aromatic rings. The molecule has 3 nitrogen and oxygen atoms in total. The van der Waals surface area contributed by atoms with Crippen LogP contribution in [0.1, 0.15) is 68.6 Å². The average molecular weight is 247 g/mol. The second kappa shape index (κ2) is 6.83. The van der Waals surface area contributed by atoms with Crippen LogP contribution in [0.5, 0.6) is 0 Å². The van der Waals surface area contributed by atoms with Gasteiger partial charge in [0, 0.05) is 18.2 Å². The van der Waals surface area contributed by atoms with Crippen LogP contribution in [-0.2, 0) is 6.54 Å². The van der Waals surface area contributed by atoms with Gasteiger partial charge in [-0.3, -0.25) is 0 Å². The fourth-order valence-electron chi connectivity index (χ4n) is 2.69. The van der Waals surface area contributed by atoms with Crippen molar-refractivity contribution in [3.63, 3.8) is 0 Å². The molecule has 3 heteroatoms. The SMILES string of the molecule is CCCNCc1cc(C)nc(C2CCCCC2)n1. The molecular formula is C15H25N3. The molecule has 1 aromatic heterocycles. The zero-order valence-corrected chi connectivity index (χ0v) is 11.7. The van der Waals surface area contributed by atoms with Gasteiger partial charge in [0.2, 0.25) is 0 Å². The van der Waals surface area contributed by atoms with E-state index in [0.29, 0.717) is 5.92 Å². The van der Waals surface area contributed by atoms with E-state index in [1.54, 1.807) is 0 Å². The number of rotatable bonds is 5. The van der Waals surface area contributed by atoms with Crippen LogP contribution in [0, 0.1) is 6.92 Å². The summed E-state index contributed by atoms with van der Waals surface area (Å²) in [5.74, 6) is 1.69. The highest BCUT2D eigenvalue weighted by atomic mass is 14.9. The lowest BCUT2D eigenvalue weighted by molar-refractivity contribution is 0.426. The van der Waals surface area contributed by atoms with Crippen LogP contribution in [0.4, 0.5) is 0 Å². The fraction of sp³-hybridized carbons (Fsp3) is 0.733. The third-order valence-corrected chi connectivity index (χ3v) is 3.63. The maximum atomic E-state index is 4.76. The molecule has 18 heavy (non-hydrogen) atoms. The van der Waals surface area contributed by atoms with E-state index in [2.05, 4.69) is 30.2 Å². The number of aromatic nitrogens is 2. The Kier molecular flexibility index (Phi) is 5.12. The van der Waals surface area contributed by atoms with Crippen molar-refractivity contribution in [2.45, 2.75) is 64.8 Å². The number of hydrogen-bond donors (Lipinski definition) is 1. The Morgan fingerprint density at radius 2 is 2.00 bits per heavy atom. The van der Waals surface area contributed by atoms with E-state index < -0.39 is 0 Å². The van der Waals surface area contributed by atoms with Crippen LogP contribution in [-0.4, -0.2) is 16.5 Å². The first-order valence-corrected chi connectivity index (χ1v) is 7.34. The molecule has 0 radical (unpaired) electrons. The van der Waals surface area contributed by atoms with E-state index in [0.717, 1.165) is 30.3 Å². The second-order valence-electron chi connectivity index (χ2n) is 5.37. The van der Waals surface area contributed by atoms with Crippen LogP contribution >= 0.6 is 0 Å². The molecular weight excluding hydrogens is 222 g/mol. The Bertz CT molecular complexity index is 370. The quantitative estimate of drug-likeness (QED) is 0.811. The molecule has 2 rings (SSSR count). The van der Waals surface area contributed by atoms with Crippen molar-refractivity contribution >= 4 is 0 Å². The maximum Gasteiger partial charge on any atom is 0.131 e. The van der Waals surface area contributed by atoms with Crippen LogP contribution in [0.15, 0.2) is 6.07 Å². The van der Waals surface area contributed by atoms with Crippen molar-refractivity contribution in [1.82, 2.24) is 15.3 Å². The molecule has 0 aliphatic heterocycles. The molecule has 0 spiro atoms. The van der Waals surface area contributed by atoms with Crippen molar-refractivity contribution in [2.24, 2.45) is 0 Å². The summed E-state index contributed by atoms with van der Waals surface area (Å²) < 4.78 is 0. The summed E-state index contributed by atoms with van der Waals surface area (Å²) in [5, 5.41) is 3.42. The normalized spacial score (nSPS) is 17.0. The summed E-state index contributed by atoms with van der Waals surface area (Å²) in [4.78, 5) is 9.40. The molecule has 1 heterocycles. The summed E-state index contributed by atoms with van der Waals surface area (Å²) in [6.07, 6.45) is 7.76. The van der Waals surface area contributed by atoms with Crippen LogP contribution in [0.25, 0.3) is 0 Å². The Labute approximate surface area is 110 Å². The molecule has 0 bridgehead atoms. The van der Waals surface area contributed by atoms with Gasteiger partial charge in [-0.15, -0.1) is 0 Å². The van der Waals surface area contributed by atoms with Crippen molar-refractivity contribution in [2.75, 3.05) is 6.54 Å². The van der Waals surface area contributed by atoms with Gasteiger partial charge in [0.1, 0.15) is 5.82 Å². The maximum absolute atomic E-state index is 4.76. The lowest BCUT2D eigenvalue weighted by Gasteiger charge is -2.21. The Morgan fingerprint density at radius 1 is 1.22 bits per heavy atom. The minimum atomic E-state index is 0.601. The van der Waals surface area contributed by atoms with Gasteiger partial charge in [-0.2, -0.15) is 0 Å². The standard InChI is InChI=1S/C15H25N3/c1-3-9-16-11-14-10-12(2)17-15(18-14)13-7-5-4-6-8-13/h10,13,16H,3-9,11H2,1-2H3. The first kappa shape index (κ1) is 13.5. The van der Waals surface area contributed by atoms with E-state index >= 15 is 0 Å². The monoisotopic (exact) mass is 247 g/mol. The summed E-state index contributed by atoms with van der Waals surface area (Å²) >= 11 is 0. The van der Waals surface area contributed by atoms with Gasteiger partial charge in [-0.05, 0) is 38.8 Å². The average Bonchev–Trinajstić information content (AvgIpc) is 2.39. The smallest absolute Gasteiger partial charge is 0.131 e. The predicted molar refractivity (Wildman–Crippen MR) is 74.6 cm³/mol. The first-order valence-electron chi connectivity index (χ1n) is 7.34. The summed E-state index contributed by atoms with van der Waals surface area (Å²) in [5.41, 5.74) is 2.26. The van der Waals surface area contributed by atoms with Crippen molar-refractivity contribution in [3.8, 4) is 0 Å². The summed E-state index contributed by atoms with van der Waals surface area (Å²) in [6, 6.07) is 2.11. The highest BCUT2D eigenvalue weighted by molar-refractivity contribution is 5.12. The predicted octanol–water partition coefficient (Wildman–Crippen LogP) is 3.33. The van der Waals surface area contributed by atoms with Gasteiger partial charge < -0.3 is 5.32 Å².